The fraction of sp³-hybridized carbons (Fsp3) is 0.333. The molecule has 0 aliphatic carbocycles. The minimum atomic E-state index is -0.355. The molecule has 0 aromatic heterocycles. The molecule has 0 atom stereocenters. The Labute approximate surface area is 99.3 Å². The summed E-state index contributed by atoms with van der Waals surface area (Å²) in [5.74, 6) is 0. The van der Waals surface area contributed by atoms with Gasteiger partial charge in [0.1, 0.15) is 0 Å². The first kappa shape index (κ1) is 10.9. The lowest BCUT2D eigenvalue weighted by molar-refractivity contribution is -0.387. The molecule has 0 radical (unpaired) electrons. The number of benzene rings is 1. The van der Waals surface area contributed by atoms with Gasteiger partial charge in [0.05, 0.1) is 28.3 Å². The Kier molecular flexibility index (Phi) is 3.28. The third kappa shape index (κ3) is 2.50. The van der Waals surface area contributed by atoms with E-state index in [9.17, 15) is 10.1 Å². The van der Waals surface area contributed by atoms with Crippen molar-refractivity contribution in [2.45, 2.75) is 10.1 Å². The van der Waals surface area contributed by atoms with Crippen molar-refractivity contribution in [2.75, 3.05) is 13.2 Å². The number of rotatable bonds is 3. The van der Waals surface area contributed by atoms with Crippen LogP contribution in [0.15, 0.2) is 27.6 Å². The van der Waals surface area contributed by atoms with Gasteiger partial charge in [0.2, 0.25) is 0 Å². The lowest BCUT2D eigenvalue weighted by Crippen LogP contribution is -2.30. The van der Waals surface area contributed by atoms with Gasteiger partial charge >= 0.3 is 0 Å². The van der Waals surface area contributed by atoms with Crippen LogP contribution < -0.4 is 0 Å². The Morgan fingerprint density at radius 2 is 2.27 bits per heavy atom. The number of halogens is 1. The van der Waals surface area contributed by atoms with Crippen LogP contribution in [0.2, 0.25) is 0 Å². The number of nitro groups is 1. The van der Waals surface area contributed by atoms with Gasteiger partial charge in [0.15, 0.2) is 0 Å². The van der Waals surface area contributed by atoms with E-state index in [-0.39, 0.29) is 10.6 Å². The topological polar surface area (TPSA) is 52.4 Å². The molecule has 15 heavy (non-hydrogen) atoms. The van der Waals surface area contributed by atoms with E-state index < -0.39 is 0 Å². The van der Waals surface area contributed by atoms with Crippen LogP contribution in [-0.4, -0.2) is 23.4 Å². The number of hydrogen-bond acceptors (Lipinski definition) is 4. The average Bonchev–Trinajstić information content (AvgIpc) is 2.12. The molecule has 0 saturated carbocycles. The molecule has 4 nitrogen and oxygen atoms in total. The van der Waals surface area contributed by atoms with Crippen LogP contribution in [-0.2, 0) is 4.74 Å². The molecule has 1 fully saturated rings. The molecule has 0 bridgehead atoms. The minimum absolute atomic E-state index is 0.154. The molecule has 2 rings (SSSR count). The predicted molar refractivity (Wildman–Crippen MR) is 61.3 cm³/mol. The van der Waals surface area contributed by atoms with E-state index in [1.165, 1.54) is 17.8 Å². The Bertz CT molecular complexity index is 395. The van der Waals surface area contributed by atoms with Gasteiger partial charge in [-0.25, -0.2) is 0 Å². The lowest BCUT2D eigenvalue weighted by atomic mass is 10.3. The molecule has 1 aromatic carbocycles. The highest BCUT2D eigenvalue weighted by Gasteiger charge is 2.24. The van der Waals surface area contributed by atoms with Crippen molar-refractivity contribution < 1.29 is 9.66 Å². The number of nitrogens with zero attached hydrogens (tertiary/aromatic N) is 1. The average molecular weight is 290 g/mol. The van der Waals surface area contributed by atoms with Crippen molar-refractivity contribution in [3.8, 4) is 0 Å². The van der Waals surface area contributed by atoms with Crippen LogP contribution in [0.3, 0.4) is 0 Å². The van der Waals surface area contributed by atoms with Gasteiger partial charge < -0.3 is 4.74 Å². The highest BCUT2D eigenvalue weighted by Crippen LogP contribution is 2.36. The van der Waals surface area contributed by atoms with E-state index in [2.05, 4.69) is 15.9 Å². The summed E-state index contributed by atoms with van der Waals surface area (Å²) in [5, 5.41) is 11.2. The highest BCUT2D eigenvalue weighted by molar-refractivity contribution is 9.10. The molecule has 1 aliphatic rings. The maximum Gasteiger partial charge on any atom is 0.284 e. The van der Waals surface area contributed by atoms with E-state index in [1.807, 2.05) is 6.07 Å². The van der Waals surface area contributed by atoms with Crippen LogP contribution >= 0.6 is 27.7 Å². The van der Waals surface area contributed by atoms with Crippen molar-refractivity contribution in [3.63, 3.8) is 0 Å². The summed E-state index contributed by atoms with van der Waals surface area (Å²) in [6, 6.07) is 5.11. The third-order valence-electron chi connectivity index (χ3n) is 2.02. The third-order valence-corrected chi connectivity index (χ3v) is 3.72. The fourth-order valence-corrected chi connectivity index (χ4v) is 2.63. The van der Waals surface area contributed by atoms with Gasteiger partial charge in [-0.3, -0.25) is 10.1 Å². The van der Waals surface area contributed by atoms with Crippen LogP contribution in [0.4, 0.5) is 5.69 Å². The number of nitro benzene ring substituents is 1. The Hall–Kier alpha value is -0.590. The quantitative estimate of drug-likeness (QED) is 0.634. The molecule has 1 heterocycles. The van der Waals surface area contributed by atoms with Crippen molar-refractivity contribution >= 4 is 33.4 Å². The summed E-state index contributed by atoms with van der Waals surface area (Å²) in [7, 11) is 0. The maximum absolute atomic E-state index is 10.8. The molecule has 80 valence electrons. The van der Waals surface area contributed by atoms with Crippen molar-refractivity contribution in [1.82, 2.24) is 0 Å². The summed E-state index contributed by atoms with van der Waals surface area (Å²) in [5.41, 5.74) is 0.154. The first-order valence-electron chi connectivity index (χ1n) is 4.35. The molecule has 1 saturated heterocycles. The van der Waals surface area contributed by atoms with Crippen molar-refractivity contribution in [1.29, 1.82) is 0 Å². The van der Waals surface area contributed by atoms with Gasteiger partial charge in [0.25, 0.3) is 5.69 Å². The summed E-state index contributed by atoms with van der Waals surface area (Å²) < 4.78 is 5.76. The van der Waals surface area contributed by atoms with Gasteiger partial charge in [0, 0.05) is 10.5 Å². The second kappa shape index (κ2) is 4.51. The zero-order chi connectivity index (χ0) is 10.8. The van der Waals surface area contributed by atoms with Gasteiger partial charge in [-0.15, -0.1) is 11.8 Å². The molecule has 6 heteroatoms. The second-order valence-electron chi connectivity index (χ2n) is 3.15. The number of thioether (sulfide) groups is 1. The SMILES string of the molecule is O=[N+]([O-])c1cc(Br)ccc1SC1COC1. The zero-order valence-electron chi connectivity index (χ0n) is 7.68. The normalized spacial score (nSPS) is 16.1. The summed E-state index contributed by atoms with van der Waals surface area (Å²) in [6.07, 6.45) is 0. The van der Waals surface area contributed by atoms with Crippen molar-refractivity contribution in [2.24, 2.45) is 0 Å². The summed E-state index contributed by atoms with van der Waals surface area (Å²) in [4.78, 5) is 11.2. The van der Waals surface area contributed by atoms with Crippen LogP contribution in [0, 0.1) is 10.1 Å². The Balaban J connectivity index is 2.23. The smallest absolute Gasteiger partial charge is 0.284 e. The van der Waals surface area contributed by atoms with E-state index >= 15 is 0 Å². The minimum Gasteiger partial charge on any atom is -0.379 e. The van der Waals surface area contributed by atoms with E-state index in [0.717, 1.165) is 4.47 Å². The lowest BCUT2D eigenvalue weighted by Gasteiger charge is -2.24. The van der Waals surface area contributed by atoms with E-state index in [0.29, 0.717) is 23.4 Å². The summed E-state index contributed by atoms with van der Waals surface area (Å²) >= 11 is 4.73. The number of ether oxygens (including phenoxy) is 1. The number of hydrogen-bond donors (Lipinski definition) is 0. The zero-order valence-corrected chi connectivity index (χ0v) is 10.1. The standard InChI is InChI=1S/C9H8BrNO3S/c10-6-1-2-9(8(3-6)11(12)13)15-7-4-14-5-7/h1-3,7H,4-5H2. The van der Waals surface area contributed by atoms with Gasteiger partial charge in [-0.2, -0.15) is 0 Å². The van der Waals surface area contributed by atoms with Gasteiger partial charge in [-0.05, 0) is 12.1 Å². The molecular formula is C9H8BrNO3S. The first-order valence-corrected chi connectivity index (χ1v) is 6.02. The molecule has 0 N–H and O–H groups in total. The van der Waals surface area contributed by atoms with Crippen LogP contribution in [0.1, 0.15) is 0 Å². The highest BCUT2D eigenvalue weighted by atomic mass is 79.9. The molecule has 0 spiro atoms. The van der Waals surface area contributed by atoms with E-state index in [1.54, 1.807) is 6.07 Å². The maximum atomic E-state index is 10.8. The fourth-order valence-electron chi connectivity index (χ4n) is 1.19. The van der Waals surface area contributed by atoms with Crippen molar-refractivity contribution in [3.05, 3.63) is 32.8 Å². The van der Waals surface area contributed by atoms with Gasteiger partial charge in [-0.1, -0.05) is 15.9 Å². The molecular weight excluding hydrogens is 282 g/mol. The first-order chi connectivity index (χ1) is 7.16. The predicted octanol–water partition coefficient (Wildman–Crippen LogP) is 2.85. The monoisotopic (exact) mass is 289 g/mol. The Morgan fingerprint density at radius 1 is 1.53 bits per heavy atom. The second-order valence-corrected chi connectivity index (χ2v) is 5.40. The largest absolute Gasteiger partial charge is 0.379 e. The molecule has 1 aromatic rings. The van der Waals surface area contributed by atoms with E-state index in [4.69, 9.17) is 4.74 Å². The molecule has 1 aliphatic heterocycles. The van der Waals surface area contributed by atoms with Crippen LogP contribution in [0.25, 0.3) is 0 Å². The molecule has 0 amide bonds. The summed E-state index contributed by atoms with van der Waals surface area (Å²) in [6.45, 7) is 1.36. The van der Waals surface area contributed by atoms with Crippen LogP contribution in [0.5, 0.6) is 0 Å². The Morgan fingerprint density at radius 3 is 2.80 bits per heavy atom. The molecule has 0 unspecified atom stereocenters.